The van der Waals surface area contributed by atoms with Crippen molar-refractivity contribution in [3.63, 3.8) is 0 Å². The molecule has 7 heteroatoms. The lowest BCUT2D eigenvalue weighted by atomic mass is 10.1. The fourth-order valence-corrected chi connectivity index (χ4v) is 3.32. The van der Waals surface area contributed by atoms with Gasteiger partial charge in [-0.05, 0) is 30.7 Å². The minimum absolute atomic E-state index is 0.187. The molecule has 1 aliphatic heterocycles. The van der Waals surface area contributed by atoms with E-state index < -0.39 is 5.91 Å². The van der Waals surface area contributed by atoms with Crippen molar-refractivity contribution in [2.24, 2.45) is 0 Å². The third-order valence-electron chi connectivity index (χ3n) is 4.91. The number of rotatable bonds is 6. The Balaban J connectivity index is 1.57. The molecule has 1 aromatic carbocycles. The van der Waals surface area contributed by atoms with Gasteiger partial charge in [-0.1, -0.05) is 19.8 Å². The number of nitrogens with one attached hydrogen (secondary N) is 1. The summed E-state index contributed by atoms with van der Waals surface area (Å²) in [6, 6.07) is 6.03. The van der Waals surface area contributed by atoms with E-state index in [1.165, 1.54) is 17.0 Å². The van der Waals surface area contributed by atoms with E-state index in [1.54, 1.807) is 17.0 Å². The highest BCUT2D eigenvalue weighted by atomic mass is 19.1. The van der Waals surface area contributed by atoms with Crippen molar-refractivity contribution in [1.29, 1.82) is 0 Å². The van der Waals surface area contributed by atoms with Crippen LogP contribution < -0.4 is 0 Å². The first-order valence-corrected chi connectivity index (χ1v) is 9.39. The van der Waals surface area contributed by atoms with Gasteiger partial charge < -0.3 is 14.8 Å². The fourth-order valence-electron chi connectivity index (χ4n) is 3.32. The molecule has 0 spiro atoms. The van der Waals surface area contributed by atoms with E-state index in [2.05, 4.69) is 4.98 Å². The standard InChI is InChI=1S/C20H24FN3O3/c1-2-3-4-5-18(25)20(27)24-10-8-23(9-11-24)19(26)17-12-14-6-7-15(21)13-16(14)22-17/h6-7,12-13,22H,2-5,8-11H2,1H3. The molecule has 6 nitrogen and oxygen atoms in total. The van der Waals surface area contributed by atoms with Gasteiger partial charge in [-0.15, -0.1) is 0 Å². The van der Waals surface area contributed by atoms with Gasteiger partial charge in [-0.25, -0.2) is 4.39 Å². The van der Waals surface area contributed by atoms with Crippen LogP contribution in [0.2, 0.25) is 0 Å². The number of Topliss-reactive ketones (excluding diaryl/α,β-unsaturated/α-hetero) is 1. The number of aromatic amines is 1. The molecule has 27 heavy (non-hydrogen) atoms. The van der Waals surface area contributed by atoms with Crippen LogP contribution in [-0.4, -0.2) is 58.6 Å². The first-order chi connectivity index (χ1) is 13.0. The monoisotopic (exact) mass is 373 g/mol. The Kier molecular flexibility index (Phi) is 5.88. The summed E-state index contributed by atoms with van der Waals surface area (Å²) in [7, 11) is 0. The molecule has 0 unspecified atom stereocenters. The second-order valence-electron chi connectivity index (χ2n) is 6.88. The Morgan fingerprint density at radius 2 is 1.74 bits per heavy atom. The molecule has 0 saturated carbocycles. The van der Waals surface area contributed by atoms with E-state index in [0.29, 0.717) is 37.4 Å². The van der Waals surface area contributed by atoms with Crippen LogP contribution in [0.4, 0.5) is 4.39 Å². The minimum atomic E-state index is -0.445. The van der Waals surface area contributed by atoms with Gasteiger partial charge in [0.15, 0.2) is 0 Å². The number of H-pyrrole nitrogens is 1. The first-order valence-electron chi connectivity index (χ1n) is 9.39. The molecule has 144 valence electrons. The van der Waals surface area contributed by atoms with Gasteiger partial charge in [0.05, 0.1) is 0 Å². The number of amides is 2. The highest BCUT2D eigenvalue weighted by molar-refractivity contribution is 6.36. The van der Waals surface area contributed by atoms with Gasteiger partial charge in [0, 0.05) is 43.5 Å². The molecule has 3 rings (SSSR count). The zero-order chi connectivity index (χ0) is 19.4. The molecular weight excluding hydrogens is 349 g/mol. The molecule has 2 amide bonds. The van der Waals surface area contributed by atoms with Gasteiger partial charge >= 0.3 is 0 Å². The molecular formula is C20H24FN3O3. The number of aromatic nitrogens is 1. The zero-order valence-electron chi connectivity index (χ0n) is 15.5. The number of hydrogen-bond acceptors (Lipinski definition) is 3. The molecule has 1 fully saturated rings. The van der Waals surface area contributed by atoms with Crippen molar-refractivity contribution in [1.82, 2.24) is 14.8 Å². The zero-order valence-corrected chi connectivity index (χ0v) is 15.5. The summed E-state index contributed by atoms with van der Waals surface area (Å²) in [6.07, 6.45) is 2.97. The van der Waals surface area contributed by atoms with E-state index in [1.807, 2.05) is 6.92 Å². The summed E-state index contributed by atoms with van der Waals surface area (Å²) in [6.45, 7) is 3.48. The first kappa shape index (κ1) is 19.1. The molecule has 0 bridgehead atoms. The number of ketones is 1. The Morgan fingerprint density at radius 1 is 1.04 bits per heavy atom. The molecule has 1 aromatic heterocycles. The van der Waals surface area contributed by atoms with E-state index in [4.69, 9.17) is 0 Å². The molecule has 0 radical (unpaired) electrons. The van der Waals surface area contributed by atoms with Gasteiger partial charge in [-0.2, -0.15) is 0 Å². The van der Waals surface area contributed by atoms with Crippen LogP contribution in [0, 0.1) is 5.82 Å². The van der Waals surface area contributed by atoms with Gasteiger partial charge in [0.25, 0.3) is 11.8 Å². The second kappa shape index (κ2) is 8.33. The largest absolute Gasteiger partial charge is 0.350 e. The van der Waals surface area contributed by atoms with E-state index in [9.17, 15) is 18.8 Å². The van der Waals surface area contributed by atoms with Crippen molar-refractivity contribution in [3.8, 4) is 0 Å². The number of carbonyl (C=O) groups excluding carboxylic acids is 3. The van der Waals surface area contributed by atoms with Crippen LogP contribution in [0.1, 0.15) is 43.1 Å². The lowest BCUT2D eigenvalue weighted by Crippen LogP contribution is -2.52. The predicted octanol–water partition coefficient (Wildman–Crippen LogP) is 2.74. The summed E-state index contributed by atoms with van der Waals surface area (Å²) in [5.74, 6) is -1.34. The van der Waals surface area contributed by atoms with E-state index in [-0.39, 0.29) is 23.9 Å². The summed E-state index contributed by atoms with van der Waals surface area (Å²) in [5.41, 5.74) is 0.968. The molecule has 2 heterocycles. The number of nitrogens with zero attached hydrogens (tertiary/aromatic N) is 2. The Morgan fingerprint density at radius 3 is 2.44 bits per heavy atom. The Hall–Kier alpha value is -2.70. The lowest BCUT2D eigenvalue weighted by molar-refractivity contribution is -0.145. The van der Waals surface area contributed by atoms with Crippen molar-refractivity contribution >= 4 is 28.5 Å². The van der Waals surface area contributed by atoms with Gasteiger partial charge in [0.1, 0.15) is 11.5 Å². The highest BCUT2D eigenvalue weighted by Gasteiger charge is 2.28. The smallest absolute Gasteiger partial charge is 0.290 e. The van der Waals surface area contributed by atoms with Crippen molar-refractivity contribution in [2.75, 3.05) is 26.2 Å². The van der Waals surface area contributed by atoms with Crippen molar-refractivity contribution in [3.05, 3.63) is 35.8 Å². The van der Waals surface area contributed by atoms with Crippen molar-refractivity contribution in [2.45, 2.75) is 32.6 Å². The fraction of sp³-hybridized carbons (Fsp3) is 0.450. The minimum Gasteiger partial charge on any atom is -0.350 e. The van der Waals surface area contributed by atoms with Crippen LogP contribution >= 0.6 is 0 Å². The molecule has 1 N–H and O–H groups in total. The summed E-state index contributed by atoms with van der Waals surface area (Å²) >= 11 is 0. The van der Waals surface area contributed by atoms with Crippen LogP contribution in [0.15, 0.2) is 24.3 Å². The summed E-state index contributed by atoms with van der Waals surface area (Å²) in [5, 5.41) is 0.770. The van der Waals surface area contributed by atoms with E-state index in [0.717, 1.165) is 24.6 Å². The number of hydrogen-bond donors (Lipinski definition) is 1. The number of fused-ring (bicyclic) bond motifs is 1. The normalized spacial score (nSPS) is 14.6. The van der Waals surface area contributed by atoms with Crippen LogP contribution in [0.3, 0.4) is 0 Å². The van der Waals surface area contributed by atoms with Gasteiger partial charge in [0.2, 0.25) is 5.78 Å². The number of carbonyl (C=O) groups is 3. The maximum absolute atomic E-state index is 13.3. The molecule has 0 atom stereocenters. The molecule has 2 aromatic rings. The SMILES string of the molecule is CCCCCC(=O)C(=O)N1CCN(C(=O)c2cc3ccc(F)cc3[nH]2)CC1. The Labute approximate surface area is 157 Å². The average Bonchev–Trinajstić information content (AvgIpc) is 3.10. The Bertz CT molecular complexity index is 853. The second-order valence-corrected chi connectivity index (χ2v) is 6.88. The topological polar surface area (TPSA) is 73.5 Å². The maximum atomic E-state index is 13.3. The quantitative estimate of drug-likeness (QED) is 0.625. The van der Waals surface area contributed by atoms with Crippen molar-refractivity contribution < 1.29 is 18.8 Å². The summed E-state index contributed by atoms with van der Waals surface area (Å²) in [4.78, 5) is 43.0. The number of benzene rings is 1. The van der Waals surface area contributed by atoms with E-state index >= 15 is 0 Å². The molecule has 1 aliphatic rings. The van der Waals surface area contributed by atoms with Crippen LogP contribution in [0.5, 0.6) is 0 Å². The molecule has 0 aliphatic carbocycles. The average molecular weight is 373 g/mol. The number of piperazine rings is 1. The maximum Gasteiger partial charge on any atom is 0.290 e. The lowest BCUT2D eigenvalue weighted by Gasteiger charge is -2.34. The number of unbranched alkanes of at least 4 members (excludes halogenated alkanes) is 2. The third kappa shape index (κ3) is 4.35. The van der Waals surface area contributed by atoms with Crippen LogP contribution in [0.25, 0.3) is 10.9 Å². The summed E-state index contributed by atoms with van der Waals surface area (Å²) < 4.78 is 13.3. The van der Waals surface area contributed by atoms with Gasteiger partial charge in [-0.3, -0.25) is 14.4 Å². The predicted molar refractivity (Wildman–Crippen MR) is 99.9 cm³/mol. The highest BCUT2D eigenvalue weighted by Crippen LogP contribution is 2.18. The molecule has 1 saturated heterocycles. The third-order valence-corrected chi connectivity index (χ3v) is 4.91. The number of halogens is 1. The van der Waals surface area contributed by atoms with Crippen LogP contribution in [-0.2, 0) is 9.59 Å².